The molecule has 4 nitrogen and oxygen atoms in total. The Bertz CT molecular complexity index is 539. The number of rotatable bonds is 5. The van der Waals surface area contributed by atoms with Gasteiger partial charge in [-0.25, -0.2) is 0 Å². The minimum atomic E-state index is -0.0794. The van der Waals surface area contributed by atoms with E-state index in [1.165, 1.54) is 0 Å². The zero-order valence-electron chi connectivity index (χ0n) is 11.6. The maximum absolute atomic E-state index is 11.9. The first-order valence-electron chi connectivity index (χ1n) is 6.40. The van der Waals surface area contributed by atoms with Gasteiger partial charge < -0.3 is 15.6 Å². The number of aromatic amines is 1. The Morgan fingerprint density at radius 1 is 1.20 bits per heavy atom. The SMILES string of the molecule is CNC(C)CNC(=O)c1ccc(-c2ccccc2)[nH]1.Cl. The predicted octanol–water partition coefficient (Wildman–Crippen LogP) is 2.44. The first-order valence-corrected chi connectivity index (χ1v) is 6.40. The van der Waals surface area contributed by atoms with Crippen LogP contribution in [0.5, 0.6) is 0 Å². The van der Waals surface area contributed by atoms with Gasteiger partial charge in [0, 0.05) is 18.3 Å². The first-order chi connectivity index (χ1) is 9.20. The van der Waals surface area contributed by atoms with Crippen molar-refractivity contribution in [2.24, 2.45) is 0 Å². The third kappa shape index (κ3) is 4.11. The van der Waals surface area contributed by atoms with Crippen LogP contribution in [0.15, 0.2) is 42.5 Å². The van der Waals surface area contributed by atoms with Crippen LogP contribution in [0.2, 0.25) is 0 Å². The lowest BCUT2D eigenvalue weighted by atomic mass is 10.2. The fourth-order valence-corrected chi connectivity index (χ4v) is 1.76. The Hall–Kier alpha value is -1.78. The average molecular weight is 294 g/mol. The molecule has 0 aliphatic heterocycles. The Morgan fingerprint density at radius 3 is 2.55 bits per heavy atom. The monoisotopic (exact) mass is 293 g/mol. The number of aromatic nitrogens is 1. The fraction of sp³-hybridized carbons (Fsp3) is 0.267. The van der Waals surface area contributed by atoms with Crippen LogP contribution in [0.25, 0.3) is 11.3 Å². The van der Waals surface area contributed by atoms with E-state index in [0.29, 0.717) is 12.2 Å². The standard InChI is InChI=1S/C15H19N3O.ClH/c1-11(16-2)10-17-15(19)14-9-8-13(18-14)12-6-4-3-5-7-12;/h3-9,11,16,18H,10H2,1-2H3,(H,17,19);1H. The number of carbonyl (C=O) groups excluding carboxylic acids is 1. The highest BCUT2D eigenvalue weighted by Gasteiger charge is 2.09. The third-order valence-electron chi connectivity index (χ3n) is 3.08. The van der Waals surface area contributed by atoms with Gasteiger partial charge in [-0.15, -0.1) is 12.4 Å². The number of H-pyrrole nitrogens is 1. The topological polar surface area (TPSA) is 56.9 Å². The molecule has 0 saturated heterocycles. The lowest BCUT2D eigenvalue weighted by molar-refractivity contribution is 0.0946. The summed E-state index contributed by atoms with van der Waals surface area (Å²) in [5.74, 6) is -0.0794. The van der Waals surface area contributed by atoms with E-state index in [9.17, 15) is 4.79 Å². The van der Waals surface area contributed by atoms with E-state index < -0.39 is 0 Å². The molecule has 0 spiro atoms. The largest absolute Gasteiger partial charge is 0.351 e. The molecule has 0 bridgehead atoms. The summed E-state index contributed by atoms with van der Waals surface area (Å²) in [6.07, 6.45) is 0. The number of carbonyl (C=O) groups is 1. The molecule has 1 atom stereocenters. The van der Waals surface area contributed by atoms with Crippen LogP contribution in [-0.4, -0.2) is 30.5 Å². The number of amides is 1. The second-order valence-electron chi connectivity index (χ2n) is 4.55. The molecule has 3 N–H and O–H groups in total. The van der Waals surface area contributed by atoms with Crippen molar-refractivity contribution in [3.05, 3.63) is 48.2 Å². The Balaban J connectivity index is 0.00000200. The summed E-state index contributed by atoms with van der Waals surface area (Å²) in [5, 5.41) is 5.96. The van der Waals surface area contributed by atoms with E-state index >= 15 is 0 Å². The van der Waals surface area contributed by atoms with Gasteiger partial charge in [0.15, 0.2) is 0 Å². The molecular formula is C15H20ClN3O. The van der Waals surface area contributed by atoms with Crippen molar-refractivity contribution in [1.82, 2.24) is 15.6 Å². The van der Waals surface area contributed by atoms with Crippen molar-refractivity contribution in [1.29, 1.82) is 0 Å². The molecule has 2 aromatic rings. The van der Waals surface area contributed by atoms with Crippen molar-refractivity contribution in [3.8, 4) is 11.3 Å². The Kier molecular flexibility index (Phi) is 6.28. The van der Waals surface area contributed by atoms with Crippen LogP contribution < -0.4 is 10.6 Å². The Labute approximate surface area is 125 Å². The number of nitrogens with one attached hydrogen (secondary N) is 3. The van der Waals surface area contributed by atoms with E-state index in [-0.39, 0.29) is 24.4 Å². The average Bonchev–Trinajstić information content (AvgIpc) is 2.95. The van der Waals surface area contributed by atoms with E-state index in [2.05, 4.69) is 15.6 Å². The maximum Gasteiger partial charge on any atom is 0.267 e. The second kappa shape index (κ2) is 7.72. The smallest absolute Gasteiger partial charge is 0.267 e. The van der Waals surface area contributed by atoms with E-state index in [0.717, 1.165) is 11.3 Å². The highest BCUT2D eigenvalue weighted by Crippen LogP contribution is 2.17. The van der Waals surface area contributed by atoms with Crippen molar-refractivity contribution in [3.63, 3.8) is 0 Å². The molecule has 0 radical (unpaired) electrons. The summed E-state index contributed by atoms with van der Waals surface area (Å²) in [7, 11) is 1.87. The van der Waals surface area contributed by atoms with E-state index in [1.54, 1.807) is 0 Å². The van der Waals surface area contributed by atoms with Crippen molar-refractivity contribution in [2.75, 3.05) is 13.6 Å². The zero-order chi connectivity index (χ0) is 13.7. The van der Waals surface area contributed by atoms with Crippen molar-refractivity contribution < 1.29 is 4.79 Å². The van der Waals surface area contributed by atoms with Gasteiger partial charge >= 0.3 is 0 Å². The molecule has 1 amide bonds. The summed E-state index contributed by atoms with van der Waals surface area (Å²) in [6, 6.07) is 13.9. The van der Waals surface area contributed by atoms with Crippen molar-refractivity contribution >= 4 is 18.3 Å². The molecule has 0 aliphatic carbocycles. The highest BCUT2D eigenvalue weighted by molar-refractivity contribution is 5.93. The van der Waals surface area contributed by atoms with Gasteiger partial charge in [-0.05, 0) is 31.7 Å². The van der Waals surface area contributed by atoms with Crippen LogP contribution in [0, 0.1) is 0 Å². The van der Waals surface area contributed by atoms with Gasteiger partial charge in [-0.1, -0.05) is 30.3 Å². The first kappa shape index (κ1) is 16.3. The van der Waals surface area contributed by atoms with Gasteiger partial charge in [-0.2, -0.15) is 0 Å². The minimum Gasteiger partial charge on any atom is -0.351 e. The van der Waals surface area contributed by atoms with Crippen LogP contribution in [0.1, 0.15) is 17.4 Å². The highest BCUT2D eigenvalue weighted by atomic mass is 35.5. The molecule has 5 heteroatoms. The third-order valence-corrected chi connectivity index (χ3v) is 3.08. The molecule has 1 aromatic heterocycles. The molecule has 0 fully saturated rings. The molecule has 0 saturated carbocycles. The normalized spacial score (nSPS) is 11.5. The lowest BCUT2D eigenvalue weighted by Crippen LogP contribution is -2.37. The van der Waals surface area contributed by atoms with Crippen LogP contribution in [0.4, 0.5) is 0 Å². The van der Waals surface area contributed by atoms with Gasteiger partial charge in [-0.3, -0.25) is 4.79 Å². The zero-order valence-corrected chi connectivity index (χ0v) is 12.5. The molecule has 1 unspecified atom stereocenters. The molecule has 20 heavy (non-hydrogen) atoms. The van der Waals surface area contributed by atoms with Gasteiger partial charge in [0.05, 0.1) is 0 Å². The van der Waals surface area contributed by atoms with E-state index in [4.69, 9.17) is 0 Å². The number of likely N-dealkylation sites (N-methyl/N-ethyl adjacent to an activating group) is 1. The molecule has 0 aliphatic rings. The number of hydrogen-bond acceptors (Lipinski definition) is 2. The number of hydrogen-bond donors (Lipinski definition) is 3. The molecule has 1 aromatic carbocycles. The summed E-state index contributed by atoms with van der Waals surface area (Å²) >= 11 is 0. The second-order valence-corrected chi connectivity index (χ2v) is 4.55. The molecular weight excluding hydrogens is 274 g/mol. The van der Waals surface area contributed by atoms with Crippen LogP contribution in [-0.2, 0) is 0 Å². The predicted molar refractivity (Wildman–Crippen MR) is 84.3 cm³/mol. The molecule has 108 valence electrons. The fourth-order valence-electron chi connectivity index (χ4n) is 1.76. The van der Waals surface area contributed by atoms with Gasteiger partial charge in [0.1, 0.15) is 5.69 Å². The number of benzene rings is 1. The minimum absolute atomic E-state index is 0. The summed E-state index contributed by atoms with van der Waals surface area (Å²) in [5.41, 5.74) is 2.61. The Morgan fingerprint density at radius 2 is 1.90 bits per heavy atom. The van der Waals surface area contributed by atoms with Gasteiger partial charge in [0.25, 0.3) is 5.91 Å². The lowest BCUT2D eigenvalue weighted by Gasteiger charge is -2.10. The summed E-state index contributed by atoms with van der Waals surface area (Å²) in [6.45, 7) is 2.62. The van der Waals surface area contributed by atoms with Crippen LogP contribution >= 0.6 is 12.4 Å². The maximum atomic E-state index is 11.9. The van der Waals surface area contributed by atoms with E-state index in [1.807, 2.05) is 56.4 Å². The van der Waals surface area contributed by atoms with Gasteiger partial charge in [0.2, 0.25) is 0 Å². The van der Waals surface area contributed by atoms with Crippen LogP contribution in [0.3, 0.4) is 0 Å². The summed E-state index contributed by atoms with van der Waals surface area (Å²) < 4.78 is 0. The van der Waals surface area contributed by atoms with Crippen molar-refractivity contribution in [2.45, 2.75) is 13.0 Å². The molecule has 1 heterocycles. The quantitative estimate of drug-likeness (QED) is 0.793. The number of halogens is 1. The molecule has 2 rings (SSSR count). The summed E-state index contributed by atoms with van der Waals surface area (Å²) in [4.78, 5) is 15.1.